The predicted octanol–water partition coefficient (Wildman–Crippen LogP) is 2.27. The maximum absolute atomic E-state index is 11.1. The van der Waals surface area contributed by atoms with E-state index in [1.54, 1.807) is 7.05 Å². The van der Waals surface area contributed by atoms with Crippen LogP contribution in [0.2, 0.25) is 0 Å². The quantitative estimate of drug-likeness (QED) is 0.814. The van der Waals surface area contributed by atoms with Crippen molar-refractivity contribution in [2.75, 3.05) is 19.0 Å². The van der Waals surface area contributed by atoms with Crippen molar-refractivity contribution in [3.8, 4) is 5.75 Å². The molecule has 1 aromatic carbocycles. The lowest BCUT2D eigenvalue weighted by Crippen LogP contribution is -2.25. The summed E-state index contributed by atoms with van der Waals surface area (Å²) in [5, 5.41) is 5.92. The Morgan fingerprint density at radius 1 is 1.33 bits per heavy atom. The molecule has 4 nitrogen and oxygen atoms in total. The molecule has 0 radical (unpaired) electrons. The standard InChI is InChI=1S/C14H22N2O2/c1-10(2)11(3)16-12-6-5-7-13(8-12)18-9-14(17)15-4/h5-8,10-11,16H,9H2,1-4H3,(H,15,17). The van der Waals surface area contributed by atoms with Crippen LogP contribution in [0.25, 0.3) is 0 Å². The highest BCUT2D eigenvalue weighted by Gasteiger charge is 2.07. The first kappa shape index (κ1) is 14.4. The van der Waals surface area contributed by atoms with Gasteiger partial charge in [-0.2, -0.15) is 0 Å². The van der Waals surface area contributed by atoms with Gasteiger partial charge in [0, 0.05) is 24.8 Å². The summed E-state index contributed by atoms with van der Waals surface area (Å²) in [5.74, 6) is 1.11. The van der Waals surface area contributed by atoms with Crippen molar-refractivity contribution in [1.82, 2.24) is 5.32 Å². The first-order valence-electron chi connectivity index (χ1n) is 6.23. The molecular formula is C14H22N2O2. The number of likely N-dealkylation sites (N-methyl/N-ethyl adjacent to an activating group) is 1. The minimum atomic E-state index is -0.135. The Hall–Kier alpha value is -1.71. The summed E-state index contributed by atoms with van der Waals surface area (Å²) in [7, 11) is 1.59. The zero-order valence-corrected chi connectivity index (χ0v) is 11.5. The third-order valence-corrected chi connectivity index (χ3v) is 2.88. The summed E-state index contributed by atoms with van der Waals surface area (Å²) < 4.78 is 5.39. The number of ether oxygens (including phenoxy) is 1. The van der Waals surface area contributed by atoms with Crippen LogP contribution in [0, 0.1) is 5.92 Å². The van der Waals surface area contributed by atoms with Crippen LogP contribution in [0.5, 0.6) is 5.75 Å². The van der Waals surface area contributed by atoms with Crippen LogP contribution >= 0.6 is 0 Å². The SMILES string of the molecule is CNC(=O)COc1cccc(NC(C)C(C)C)c1. The molecule has 1 amide bonds. The second-order valence-corrected chi connectivity index (χ2v) is 4.67. The summed E-state index contributed by atoms with van der Waals surface area (Å²) in [5.41, 5.74) is 1.01. The average molecular weight is 250 g/mol. The molecule has 1 aromatic rings. The first-order chi connectivity index (χ1) is 8.52. The minimum Gasteiger partial charge on any atom is -0.484 e. The topological polar surface area (TPSA) is 50.4 Å². The maximum Gasteiger partial charge on any atom is 0.257 e. The summed E-state index contributed by atoms with van der Waals surface area (Å²) in [6.07, 6.45) is 0. The van der Waals surface area contributed by atoms with E-state index in [4.69, 9.17) is 4.74 Å². The molecular weight excluding hydrogens is 228 g/mol. The molecule has 1 atom stereocenters. The van der Waals surface area contributed by atoms with Gasteiger partial charge in [-0.15, -0.1) is 0 Å². The van der Waals surface area contributed by atoms with Crippen molar-refractivity contribution in [3.05, 3.63) is 24.3 Å². The minimum absolute atomic E-state index is 0.0414. The second kappa shape index (κ2) is 6.89. The molecule has 0 heterocycles. The van der Waals surface area contributed by atoms with Crippen molar-refractivity contribution in [2.24, 2.45) is 5.92 Å². The summed E-state index contributed by atoms with van der Waals surface area (Å²) in [6.45, 7) is 6.52. The number of amides is 1. The number of anilines is 1. The molecule has 0 aromatic heterocycles. The van der Waals surface area contributed by atoms with E-state index in [0.717, 1.165) is 5.69 Å². The fraction of sp³-hybridized carbons (Fsp3) is 0.500. The van der Waals surface area contributed by atoms with E-state index in [1.807, 2.05) is 24.3 Å². The average Bonchev–Trinajstić information content (AvgIpc) is 2.36. The third kappa shape index (κ3) is 4.65. The Labute approximate surface area is 109 Å². The van der Waals surface area contributed by atoms with E-state index in [9.17, 15) is 4.79 Å². The van der Waals surface area contributed by atoms with Crippen LogP contribution in [-0.2, 0) is 4.79 Å². The summed E-state index contributed by atoms with van der Waals surface area (Å²) >= 11 is 0. The molecule has 0 saturated heterocycles. The number of hydrogen-bond donors (Lipinski definition) is 2. The smallest absolute Gasteiger partial charge is 0.257 e. The number of carbonyl (C=O) groups excluding carboxylic acids is 1. The number of benzene rings is 1. The van der Waals surface area contributed by atoms with E-state index < -0.39 is 0 Å². The van der Waals surface area contributed by atoms with Gasteiger partial charge in [0.1, 0.15) is 5.75 Å². The van der Waals surface area contributed by atoms with Gasteiger partial charge in [0.25, 0.3) is 5.91 Å². The lowest BCUT2D eigenvalue weighted by molar-refractivity contribution is -0.122. The molecule has 0 bridgehead atoms. The van der Waals surface area contributed by atoms with Crippen molar-refractivity contribution >= 4 is 11.6 Å². The Morgan fingerprint density at radius 3 is 2.67 bits per heavy atom. The number of rotatable bonds is 6. The van der Waals surface area contributed by atoms with E-state index in [-0.39, 0.29) is 12.5 Å². The second-order valence-electron chi connectivity index (χ2n) is 4.67. The van der Waals surface area contributed by atoms with Crippen molar-refractivity contribution in [2.45, 2.75) is 26.8 Å². The van der Waals surface area contributed by atoms with E-state index in [1.165, 1.54) is 0 Å². The highest BCUT2D eigenvalue weighted by atomic mass is 16.5. The first-order valence-corrected chi connectivity index (χ1v) is 6.23. The Balaban J connectivity index is 2.59. The molecule has 18 heavy (non-hydrogen) atoms. The Morgan fingerprint density at radius 2 is 2.06 bits per heavy atom. The fourth-order valence-electron chi connectivity index (χ4n) is 1.33. The Kier molecular flexibility index (Phi) is 5.49. The van der Waals surface area contributed by atoms with Crippen molar-refractivity contribution in [3.63, 3.8) is 0 Å². The molecule has 1 rings (SSSR count). The summed E-state index contributed by atoms with van der Waals surface area (Å²) in [4.78, 5) is 11.1. The zero-order chi connectivity index (χ0) is 13.5. The number of nitrogens with one attached hydrogen (secondary N) is 2. The third-order valence-electron chi connectivity index (χ3n) is 2.88. The highest BCUT2D eigenvalue weighted by Crippen LogP contribution is 2.19. The molecule has 4 heteroatoms. The molecule has 0 spiro atoms. The monoisotopic (exact) mass is 250 g/mol. The van der Waals surface area contributed by atoms with Crippen molar-refractivity contribution in [1.29, 1.82) is 0 Å². The zero-order valence-electron chi connectivity index (χ0n) is 11.5. The molecule has 100 valence electrons. The van der Waals surface area contributed by atoms with Crippen LogP contribution < -0.4 is 15.4 Å². The summed E-state index contributed by atoms with van der Waals surface area (Å²) in [6, 6.07) is 8.04. The van der Waals surface area contributed by atoms with Gasteiger partial charge < -0.3 is 15.4 Å². The fourth-order valence-corrected chi connectivity index (χ4v) is 1.33. The number of hydrogen-bond acceptors (Lipinski definition) is 3. The largest absolute Gasteiger partial charge is 0.484 e. The maximum atomic E-state index is 11.1. The van der Waals surface area contributed by atoms with Gasteiger partial charge in [-0.3, -0.25) is 4.79 Å². The molecule has 2 N–H and O–H groups in total. The van der Waals surface area contributed by atoms with E-state index in [0.29, 0.717) is 17.7 Å². The van der Waals surface area contributed by atoms with E-state index in [2.05, 4.69) is 31.4 Å². The van der Waals surface area contributed by atoms with Gasteiger partial charge in [-0.25, -0.2) is 0 Å². The van der Waals surface area contributed by atoms with Crippen molar-refractivity contribution < 1.29 is 9.53 Å². The van der Waals surface area contributed by atoms with Gasteiger partial charge in [-0.05, 0) is 25.0 Å². The van der Waals surface area contributed by atoms with Crippen LogP contribution in [0.15, 0.2) is 24.3 Å². The normalized spacial score (nSPS) is 12.1. The molecule has 0 saturated carbocycles. The van der Waals surface area contributed by atoms with Crippen LogP contribution in [0.1, 0.15) is 20.8 Å². The highest BCUT2D eigenvalue weighted by molar-refractivity contribution is 5.77. The molecule has 0 aliphatic heterocycles. The van der Waals surface area contributed by atoms with Crippen LogP contribution in [-0.4, -0.2) is 25.6 Å². The molecule has 0 fully saturated rings. The van der Waals surface area contributed by atoms with Gasteiger partial charge in [0.15, 0.2) is 6.61 Å². The number of carbonyl (C=O) groups is 1. The van der Waals surface area contributed by atoms with E-state index >= 15 is 0 Å². The molecule has 1 unspecified atom stereocenters. The van der Waals surface area contributed by atoms with Gasteiger partial charge in [0.05, 0.1) is 0 Å². The van der Waals surface area contributed by atoms with Gasteiger partial charge in [0.2, 0.25) is 0 Å². The van der Waals surface area contributed by atoms with Gasteiger partial charge >= 0.3 is 0 Å². The lowest BCUT2D eigenvalue weighted by Gasteiger charge is -2.19. The van der Waals surface area contributed by atoms with Crippen LogP contribution in [0.4, 0.5) is 5.69 Å². The molecule has 0 aliphatic rings. The Bertz CT molecular complexity index is 391. The van der Waals surface area contributed by atoms with Crippen LogP contribution in [0.3, 0.4) is 0 Å². The lowest BCUT2D eigenvalue weighted by atomic mass is 10.1. The predicted molar refractivity (Wildman–Crippen MR) is 73.9 cm³/mol. The van der Waals surface area contributed by atoms with Gasteiger partial charge in [-0.1, -0.05) is 19.9 Å². The molecule has 0 aliphatic carbocycles.